The van der Waals surface area contributed by atoms with Crippen LogP contribution in [-0.2, 0) is 6.54 Å². The molecule has 0 saturated carbocycles. The molecular formula is C16H22N2O2. The van der Waals surface area contributed by atoms with Crippen molar-refractivity contribution >= 4 is 11.4 Å². The van der Waals surface area contributed by atoms with E-state index < -0.39 is 0 Å². The minimum absolute atomic E-state index is 0.129. The Balaban J connectivity index is 2.22. The van der Waals surface area contributed by atoms with Crippen molar-refractivity contribution < 1.29 is 9.15 Å². The molecule has 0 radical (unpaired) electrons. The number of hydrogen-bond acceptors (Lipinski definition) is 4. The van der Waals surface area contributed by atoms with Crippen LogP contribution in [0.15, 0.2) is 41.0 Å². The summed E-state index contributed by atoms with van der Waals surface area (Å²) in [4.78, 5) is 2.20. The lowest BCUT2D eigenvalue weighted by molar-refractivity contribution is 0.242. The number of nitrogens with zero attached hydrogens (tertiary/aromatic N) is 1. The predicted molar refractivity (Wildman–Crippen MR) is 82.1 cm³/mol. The first-order chi connectivity index (χ1) is 9.58. The van der Waals surface area contributed by atoms with Gasteiger partial charge in [0.2, 0.25) is 0 Å². The fourth-order valence-electron chi connectivity index (χ4n) is 2.10. The molecule has 0 fully saturated rings. The van der Waals surface area contributed by atoms with E-state index in [2.05, 4.69) is 11.8 Å². The summed E-state index contributed by atoms with van der Waals surface area (Å²) in [5.41, 5.74) is 7.72. The molecule has 0 unspecified atom stereocenters. The first-order valence-electron chi connectivity index (χ1n) is 6.93. The maximum Gasteiger partial charge on any atom is 0.123 e. The molecule has 1 aromatic carbocycles. The fraction of sp³-hybridized carbons (Fsp3) is 0.375. The number of rotatable bonds is 6. The lowest BCUT2D eigenvalue weighted by Gasteiger charge is -2.23. The molecule has 0 aliphatic rings. The van der Waals surface area contributed by atoms with E-state index in [9.17, 15) is 0 Å². The van der Waals surface area contributed by atoms with E-state index in [1.165, 1.54) is 0 Å². The van der Waals surface area contributed by atoms with Crippen molar-refractivity contribution in [3.63, 3.8) is 0 Å². The van der Waals surface area contributed by atoms with Gasteiger partial charge in [-0.3, -0.25) is 0 Å². The molecule has 0 aliphatic carbocycles. The van der Waals surface area contributed by atoms with Gasteiger partial charge in [-0.1, -0.05) is 0 Å². The van der Waals surface area contributed by atoms with Crippen LogP contribution < -0.4 is 15.4 Å². The van der Waals surface area contributed by atoms with Gasteiger partial charge in [-0.15, -0.1) is 0 Å². The van der Waals surface area contributed by atoms with Crippen molar-refractivity contribution in [2.45, 2.75) is 33.4 Å². The van der Waals surface area contributed by atoms with E-state index in [0.717, 1.165) is 23.7 Å². The molecule has 2 aromatic rings. The number of anilines is 2. The molecule has 2 N–H and O–H groups in total. The van der Waals surface area contributed by atoms with Crippen LogP contribution in [0.3, 0.4) is 0 Å². The van der Waals surface area contributed by atoms with Crippen LogP contribution >= 0.6 is 0 Å². The van der Waals surface area contributed by atoms with Crippen molar-refractivity contribution in [1.29, 1.82) is 0 Å². The van der Waals surface area contributed by atoms with Crippen LogP contribution in [0.5, 0.6) is 5.75 Å². The summed E-state index contributed by atoms with van der Waals surface area (Å²) in [6, 6.07) is 9.70. The number of nitrogen functional groups attached to an aromatic ring is 1. The van der Waals surface area contributed by atoms with E-state index in [1.807, 2.05) is 44.2 Å². The molecule has 4 nitrogen and oxygen atoms in total. The second-order valence-corrected chi connectivity index (χ2v) is 5.02. The Morgan fingerprint density at radius 1 is 1.30 bits per heavy atom. The topological polar surface area (TPSA) is 51.6 Å². The molecule has 0 spiro atoms. The average molecular weight is 274 g/mol. The Hall–Kier alpha value is -2.10. The first kappa shape index (κ1) is 14.3. The number of hydrogen-bond donors (Lipinski definition) is 1. The van der Waals surface area contributed by atoms with E-state index in [0.29, 0.717) is 12.2 Å². The Morgan fingerprint density at radius 2 is 2.10 bits per heavy atom. The van der Waals surface area contributed by atoms with Gasteiger partial charge in [0.1, 0.15) is 11.5 Å². The highest BCUT2D eigenvalue weighted by Crippen LogP contribution is 2.27. The van der Waals surface area contributed by atoms with Crippen molar-refractivity contribution in [3.8, 4) is 5.75 Å². The third kappa shape index (κ3) is 3.70. The highest BCUT2D eigenvalue weighted by molar-refractivity contribution is 5.60. The molecule has 108 valence electrons. The molecule has 1 heterocycles. The van der Waals surface area contributed by atoms with Gasteiger partial charge in [0, 0.05) is 30.1 Å². The zero-order valence-electron chi connectivity index (χ0n) is 12.3. The summed E-state index contributed by atoms with van der Waals surface area (Å²) in [5, 5.41) is 0. The monoisotopic (exact) mass is 274 g/mol. The van der Waals surface area contributed by atoms with Crippen LogP contribution in [0, 0.1) is 0 Å². The second-order valence-electron chi connectivity index (χ2n) is 5.02. The summed E-state index contributed by atoms with van der Waals surface area (Å²) in [6.45, 7) is 7.70. The van der Waals surface area contributed by atoms with Crippen molar-refractivity contribution in [3.05, 3.63) is 42.4 Å². The lowest BCUT2D eigenvalue weighted by Crippen LogP contribution is -2.22. The smallest absolute Gasteiger partial charge is 0.123 e. The Labute approximate surface area is 120 Å². The normalized spacial score (nSPS) is 10.8. The third-order valence-corrected chi connectivity index (χ3v) is 2.96. The average Bonchev–Trinajstić information content (AvgIpc) is 2.87. The molecule has 1 aromatic heterocycles. The van der Waals surface area contributed by atoms with Gasteiger partial charge in [-0.25, -0.2) is 0 Å². The molecule has 0 saturated heterocycles. The summed E-state index contributed by atoms with van der Waals surface area (Å²) in [7, 11) is 0. The van der Waals surface area contributed by atoms with E-state index in [1.54, 1.807) is 6.26 Å². The zero-order chi connectivity index (χ0) is 14.5. The Morgan fingerprint density at radius 3 is 2.70 bits per heavy atom. The highest BCUT2D eigenvalue weighted by atomic mass is 16.5. The zero-order valence-corrected chi connectivity index (χ0v) is 12.3. The highest BCUT2D eigenvalue weighted by Gasteiger charge is 2.10. The van der Waals surface area contributed by atoms with E-state index >= 15 is 0 Å². The molecule has 0 atom stereocenters. The lowest BCUT2D eigenvalue weighted by atomic mass is 10.2. The molecule has 0 amide bonds. The van der Waals surface area contributed by atoms with Crippen LogP contribution in [-0.4, -0.2) is 12.6 Å². The maximum atomic E-state index is 5.97. The SMILES string of the molecule is CCN(Cc1ccco1)c1cc(N)cc(OC(C)C)c1. The Bertz CT molecular complexity index is 535. The standard InChI is InChI=1S/C16H22N2O2/c1-4-18(11-15-6-5-7-19-15)14-8-13(17)9-16(10-14)20-12(2)3/h5-10,12H,4,11,17H2,1-3H3. The molecular weight excluding hydrogens is 252 g/mol. The van der Waals surface area contributed by atoms with Crippen LogP contribution in [0.4, 0.5) is 11.4 Å². The number of furan rings is 1. The Kier molecular flexibility index (Phi) is 4.56. The largest absolute Gasteiger partial charge is 0.491 e. The number of benzene rings is 1. The van der Waals surface area contributed by atoms with Gasteiger partial charge in [-0.2, -0.15) is 0 Å². The van der Waals surface area contributed by atoms with Gasteiger partial charge < -0.3 is 19.8 Å². The maximum absolute atomic E-state index is 5.97. The molecule has 2 rings (SSSR count). The van der Waals surface area contributed by atoms with Crippen molar-refractivity contribution in [2.24, 2.45) is 0 Å². The van der Waals surface area contributed by atoms with Crippen LogP contribution in [0.2, 0.25) is 0 Å². The molecule has 4 heteroatoms. The van der Waals surface area contributed by atoms with Crippen molar-refractivity contribution in [2.75, 3.05) is 17.2 Å². The number of nitrogens with two attached hydrogens (primary N) is 1. The third-order valence-electron chi connectivity index (χ3n) is 2.96. The van der Waals surface area contributed by atoms with Gasteiger partial charge in [-0.05, 0) is 39.0 Å². The predicted octanol–water partition coefficient (Wildman–Crippen LogP) is 3.68. The molecule has 0 aliphatic heterocycles. The summed E-state index contributed by atoms with van der Waals surface area (Å²) >= 11 is 0. The van der Waals surface area contributed by atoms with Crippen LogP contribution in [0.25, 0.3) is 0 Å². The summed E-state index contributed by atoms with van der Waals surface area (Å²) in [5.74, 6) is 1.73. The van der Waals surface area contributed by atoms with Gasteiger partial charge >= 0.3 is 0 Å². The van der Waals surface area contributed by atoms with Gasteiger partial charge in [0.25, 0.3) is 0 Å². The van der Waals surface area contributed by atoms with Gasteiger partial charge in [0.05, 0.1) is 18.9 Å². The molecule has 20 heavy (non-hydrogen) atoms. The van der Waals surface area contributed by atoms with Crippen LogP contribution in [0.1, 0.15) is 26.5 Å². The second kappa shape index (κ2) is 6.37. The molecule has 0 bridgehead atoms. The number of ether oxygens (including phenoxy) is 1. The van der Waals surface area contributed by atoms with E-state index in [4.69, 9.17) is 14.9 Å². The van der Waals surface area contributed by atoms with E-state index in [-0.39, 0.29) is 6.10 Å². The summed E-state index contributed by atoms with van der Waals surface area (Å²) < 4.78 is 11.1. The van der Waals surface area contributed by atoms with Crippen molar-refractivity contribution in [1.82, 2.24) is 0 Å². The van der Waals surface area contributed by atoms with Gasteiger partial charge in [0.15, 0.2) is 0 Å². The fourth-order valence-corrected chi connectivity index (χ4v) is 2.10. The minimum atomic E-state index is 0.129. The first-order valence-corrected chi connectivity index (χ1v) is 6.93. The summed E-state index contributed by atoms with van der Waals surface area (Å²) in [6.07, 6.45) is 1.82. The quantitative estimate of drug-likeness (QED) is 0.816. The minimum Gasteiger partial charge on any atom is -0.491 e.